The first-order valence-electron chi connectivity index (χ1n) is 5.09. The lowest BCUT2D eigenvalue weighted by Gasteiger charge is -2.02. The first kappa shape index (κ1) is 10.3. The van der Waals surface area contributed by atoms with Crippen LogP contribution in [-0.4, -0.2) is 5.11 Å². The Labute approximate surface area is 93.9 Å². The van der Waals surface area contributed by atoms with Crippen LogP contribution in [0.25, 0.3) is 6.08 Å². The predicted molar refractivity (Wildman–Crippen MR) is 59.3 cm³/mol. The molecule has 0 aliphatic heterocycles. The van der Waals surface area contributed by atoms with E-state index < -0.39 is 0 Å². The SMILES string of the molecule is N#CC(C#N)=Cc1cc(C2CC2)ccc1O. The van der Waals surface area contributed by atoms with Gasteiger partial charge in [-0.15, -0.1) is 0 Å². The van der Waals surface area contributed by atoms with Crippen molar-refractivity contribution in [1.82, 2.24) is 0 Å². The zero-order valence-electron chi connectivity index (χ0n) is 8.64. The average molecular weight is 210 g/mol. The third-order valence-corrected chi connectivity index (χ3v) is 2.64. The highest BCUT2D eigenvalue weighted by Crippen LogP contribution is 2.41. The van der Waals surface area contributed by atoms with Gasteiger partial charge in [0.1, 0.15) is 23.5 Å². The van der Waals surface area contributed by atoms with Crippen molar-refractivity contribution >= 4 is 6.08 Å². The van der Waals surface area contributed by atoms with Gasteiger partial charge in [0, 0.05) is 5.56 Å². The minimum Gasteiger partial charge on any atom is -0.507 e. The second-order valence-corrected chi connectivity index (χ2v) is 3.87. The van der Waals surface area contributed by atoms with Crippen LogP contribution in [0, 0.1) is 22.7 Å². The second kappa shape index (κ2) is 4.08. The second-order valence-electron chi connectivity index (χ2n) is 3.87. The van der Waals surface area contributed by atoms with Crippen LogP contribution in [0.1, 0.15) is 29.9 Å². The Bertz CT molecular complexity index is 512. The van der Waals surface area contributed by atoms with Crippen molar-refractivity contribution in [2.24, 2.45) is 0 Å². The lowest BCUT2D eigenvalue weighted by Crippen LogP contribution is -1.83. The van der Waals surface area contributed by atoms with Crippen LogP contribution in [-0.2, 0) is 0 Å². The van der Waals surface area contributed by atoms with Crippen LogP contribution < -0.4 is 0 Å². The molecule has 0 saturated heterocycles. The van der Waals surface area contributed by atoms with E-state index in [2.05, 4.69) is 0 Å². The van der Waals surface area contributed by atoms with Crippen LogP contribution >= 0.6 is 0 Å². The Balaban J connectivity index is 2.40. The maximum absolute atomic E-state index is 9.61. The quantitative estimate of drug-likeness (QED) is 0.763. The van der Waals surface area contributed by atoms with Gasteiger partial charge in [-0.3, -0.25) is 0 Å². The van der Waals surface area contributed by atoms with E-state index in [1.165, 1.54) is 24.5 Å². The van der Waals surface area contributed by atoms with Crippen molar-refractivity contribution in [2.45, 2.75) is 18.8 Å². The number of nitrogens with zero attached hydrogens (tertiary/aromatic N) is 2. The molecule has 0 amide bonds. The summed E-state index contributed by atoms with van der Waals surface area (Å²) in [6.45, 7) is 0. The third kappa shape index (κ3) is 2.04. The fourth-order valence-electron chi connectivity index (χ4n) is 1.60. The summed E-state index contributed by atoms with van der Waals surface area (Å²) in [6, 6.07) is 8.92. The number of phenols is 1. The molecular weight excluding hydrogens is 200 g/mol. The highest BCUT2D eigenvalue weighted by atomic mass is 16.3. The van der Waals surface area contributed by atoms with Gasteiger partial charge >= 0.3 is 0 Å². The Kier molecular flexibility index (Phi) is 2.62. The van der Waals surface area contributed by atoms with Crippen molar-refractivity contribution in [1.29, 1.82) is 10.5 Å². The Morgan fingerprint density at radius 3 is 2.56 bits per heavy atom. The summed E-state index contributed by atoms with van der Waals surface area (Å²) in [6.07, 6.45) is 3.77. The summed E-state index contributed by atoms with van der Waals surface area (Å²) in [5.74, 6) is 0.688. The topological polar surface area (TPSA) is 67.8 Å². The maximum Gasteiger partial charge on any atom is 0.130 e. The molecule has 2 rings (SSSR count). The Morgan fingerprint density at radius 1 is 1.31 bits per heavy atom. The molecule has 3 nitrogen and oxygen atoms in total. The van der Waals surface area contributed by atoms with E-state index >= 15 is 0 Å². The minimum absolute atomic E-state index is 0.00301. The van der Waals surface area contributed by atoms with E-state index in [0.29, 0.717) is 11.5 Å². The number of rotatable bonds is 2. The monoisotopic (exact) mass is 210 g/mol. The smallest absolute Gasteiger partial charge is 0.130 e. The first-order chi connectivity index (χ1) is 7.74. The molecule has 0 unspecified atom stereocenters. The standard InChI is InChI=1S/C13H10N2O/c14-7-9(8-15)5-12-6-11(10-1-2-10)3-4-13(12)16/h3-6,10,16H,1-2H2. The van der Waals surface area contributed by atoms with Crippen LogP contribution in [0.15, 0.2) is 23.8 Å². The molecule has 1 aliphatic carbocycles. The zero-order chi connectivity index (χ0) is 11.5. The fraction of sp³-hybridized carbons (Fsp3) is 0.231. The van der Waals surface area contributed by atoms with Gasteiger partial charge < -0.3 is 5.11 Å². The van der Waals surface area contributed by atoms with Gasteiger partial charge in [-0.1, -0.05) is 6.07 Å². The summed E-state index contributed by atoms with van der Waals surface area (Å²) in [7, 11) is 0. The van der Waals surface area contributed by atoms with Crippen molar-refractivity contribution in [3.8, 4) is 17.9 Å². The molecule has 0 aromatic heterocycles. The molecule has 1 aromatic carbocycles. The highest BCUT2D eigenvalue weighted by Gasteiger charge is 2.23. The first-order valence-corrected chi connectivity index (χ1v) is 5.09. The van der Waals surface area contributed by atoms with Crippen molar-refractivity contribution in [2.75, 3.05) is 0 Å². The van der Waals surface area contributed by atoms with Crippen molar-refractivity contribution in [3.05, 3.63) is 34.9 Å². The fourth-order valence-corrected chi connectivity index (χ4v) is 1.60. The van der Waals surface area contributed by atoms with Crippen LogP contribution in [0.5, 0.6) is 5.75 Å². The maximum atomic E-state index is 9.61. The zero-order valence-corrected chi connectivity index (χ0v) is 8.64. The van der Waals surface area contributed by atoms with Crippen LogP contribution in [0.3, 0.4) is 0 Å². The lowest BCUT2D eigenvalue weighted by atomic mass is 10.0. The van der Waals surface area contributed by atoms with Gasteiger partial charge in [-0.2, -0.15) is 10.5 Å². The van der Waals surface area contributed by atoms with Crippen molar-refractivity contribution < 1.29 is 5.11 Å². The molecule has 1 saturated carbocycles. The molecule has 16 heavy (non-hydrogen) atoms. The number of allylic oxidation sites excluding steroid dienone is 1. The molecule has 3 heteroatoms. The molecule has 1 aromatic rings. The van der Waals surface area contributed by atoms with Crippen molar-refractivity contribution in [3.63, 3.8) is 0 Å². The van der Waals surface area contributed by atoms with Gasteiger partial charge in [0.05, 0.1) is 0 Å². The molecule has 0 atom stereocenters. The Hall–Kier alpha value is -2.26. The molecular formula is C13H10N2O. The molecule has 0 heterocycles. The molecule has 1 aliphatic rings. The van der Waals surface area contributed by atoms with Gasteiger partial charge in [-0.25, -0.2) is 0 Å². The van der Waals surface area contributed by atoms with E-state index in [1.54, 1.807) is 18.2 Å². The van der Waals surface area contributed by atoms with E-state index in [0.717, 1.165) is 0 Å². The number of hydrogen-bond acceptors (Lipinski definition) is 3. The predicted octanol–water partition coefficient (Wildman–Crippen LogP) is 2.70. The normalized spacial score (nSPS) is 13.6. The van der Waals surface area contributed by atoms with Gasteiger partial charge in [0.2, 0.25) is 0 Å². The minimum atomic E-state index is 0.00301. The summed E-state index contributed by atoms with van der Waals surface area (Å²) >= 11 is 0. The van der Waals surface area contributed by atoms with Gasteiger partial charge in [-0.05, 0) is 42.5 Å². The molecule has 0 bridgehead atoms. The molecule has 78 valence electrons. The number of benzene rings is 1. The molecule has 1 N–H and O–H groups in total. The van der Waals surface area contributed by atoms with Gasteiger partial charge in [0.15, 0.2) is 0 Å². The lowest BCUT2D eigenvalue weighted by molar-refractivity contribution is 0.474. The summed E-state index contributed by atoms with van der Waals surface area (Å²) in [5, 5.41) is 26.9. The van der Waals surface area contributed by atoms with E-state index in [4.69, 9.17) is 10.5 Å². The number of aromatic hydroxyl groups is 1. The molecule has 0 radical (unpaired) electrons. The summed E-state index contributed by atoms with van der Waals surface area (Å²) in [5.41, 5.74) is 1.71. The van der Waals surface area contributed by atoms with Crippen LogP contribution in [0.4, 0.5) is 0 Å². The summed E-state index contributed by atoms with van der Waals surface area (Å²) < 4.78 is 0. The number of nitriles is 2. The van der Waals surface area contributed by atoms with Gasteiger partial charge in [0.25, 0.3) is 0 Å². The molecule has 0 spiro atoms. The number of hydrogen-bond donors (Lipinski definition) is 1. The van der Waals surface area contributed by atoms with E-state index in [1.807, 2.05) is 12.1 Å². The Morgan fingerprint density at radius 2 is 2.00 bits per heavy atom. The average Bonchev–Trinajstić information content (AvgIpc) is 3.12. The van der Waals surface area contributed by atoms with E-state index in [9.17, 15) is 5.11 Å². The number of phenolic OH excluding ortho intramolecular Hbond substituents is 1. The highest BCUT2D eigenvalue weighted by molar-refractivity contribution is 5.66. The van der Waals surface area contributed by atoms with Crippen LogP contribution in [0.2, 0.25) is 0 Å². The molecule has 1 fully saturated rings. The van der Waals surface area contributed by atoms with E-state index in [-0.39, 0.29) is 11.3 Å². The third-order valence-electron chi connectivity index (χ3n) is 2.64. The largest absolute Gasteiger partial charge is 0.507 e. The summed E-state index contributed by atoms with van der Waals surface area (Å²) in [4.78, 5) is 0.